The van der Waals surface area contributed by atoms with Gasteiger partial charge in [0.2, 0.25) is 5.75 Å². The number of methoxy groups -OCH3 is 3. The second kappa shape index (κ2) is 10.8. The Morgan fingerprint density at radius 3 is 2.04 bits per heavy atom. The van der Waals surface area contributed by atoms with Crippen molar-refractivity contribution in [3.63, 3.8) is 0 Å². The van der Waals surface area contributed by atoms with Crippen molar-refractivity contribution < 1.29 is 23.8 Å². The maximum atomic E-state index is 11.3. The smallest absolute Gasteiger partial charge is 0.204 e. The third kappa shape index (κ3) is 5.39. The summed E-state index contributed by atoms with van der Waals surface area (Å²) in [7, 11) is 4.53. The summed E-state index contributed by atoms with van der Waals surface area (Å²) in [5, 5.41) is 0. The zero-order chi connectivity index (χ0) is 17.2. The lowest BCUT2D eigenvalue weighted by Crippen LogP contribution is -2.01. The molecule has 0 saturated heterocycles. The molecule has 6 nitrogen and oxygen atoms in total. The standard InChI is InChI=1S/C11H14O4.C6H5NO.CH4/c1-7(12)8-5-6-9(13-2)11(15-4)10(8)14-3;8-5-6-3-1-2-4-7-6;/h5-6H,1-4H3;1-5H;1H4. The van der Waals surface area contributed by atoms with Gasteiger partial charge in [-0.05, 0) is 31.2 Å². The first-order valence-electron chi connectivity index (χ1n) is 6.75. The molecule has 0 unspecified atom stereocenters. The molecule has 6 heteroatoms. The van der Waals surface area contributed by atoms with Crippen molar-refractivity contribution in [2.75, 3.05) is 21.3 Å². The minimum absolute atomic E-state index is 0. The highest BCUT2D eigenvalue weighted by Crippen LogP contribution is 2.39. The first-order chi connectivity index (χ1) is 11.1. The van der Waals surface area contributed by atoms with Gasteiger partial charge in [0.05, 0.1) is 26.9 Å². The van der Waals surface area contributed by atoms with Crippen LogP contribution in [0.2, 0.25) is 0 Å². The van der Waals surface area contributed by atoms with Crippen molar-refractivity contribution in [3.05, 3.63) is 47.8 Å². The number of nitrogens with zero attached hydrogens (tertiary/aromatic N) is 1. The van der Waals surface area contributed by atoms with E-state index in [1.165, 1.54) is 28.3 Å². The van der Waals surface area contributed by atoms with E-state index in [0.29, 0.717) is 28.5 Å². The number of ketones is 1. The van der Waals surface area contributed by atoms with Crippen LogP contribution >= 0.6 is 0 Å². The molecule has 0 amide bonds. The van der Waals surface area contributed by atoms with E-state index < -0.39 is 0 Å². The number of hydrogen-bond donors (Lipinski definition) is 0. The summed E-state index contributed by atoms with van der Waals surface area (Å²) in [4.78, 5) is 25.0. The molecule has 0 spiro atoms. The molecule has 2 rings (SSSR count). The van der Waals surface area contributed by atoms with Crippen molar-refractivity contribution in [2.24, 2.45) is 0 Å². The maximum Gasteiger partial charge on any atom is 0.204 e. The number of ether oxygens (including phenoxy) is 3. The van der Waals surface area contributed by atoms with Gasteiger partial charge in [-0.3, -0.25) is 14.6 Å². The Morgan fingerprint density at radius 2 is 1.67 bits per heavy atom. The maximum absolute atomic E-state index is 11.3. The average molecular weight is 333 g/mol. The Balaban J connectivity index is 0.000000498. The van der Waals surface area contributed by atoms with Crippen LogP contribution in [-0.2, 0) is 0 Å². The third-order valence-electron chi connectivity index (χ3n) is 2.89. The number of Topliss-reactive ketones (excluding diaryl/α,β-unsaturated/α-hetero) is 1. The van der Waals surface area contributed by atoms with Crippen LogP contribution in [0.3, 0.4) is 0 Å². The zero-order valence-corrected chi connectivity index (χ0v) is 13.5. The lowest BCUT2D eigenvalue weighted by Gasteiger charge is -2.14. The van der Waals surface area contributed by atoms with Crippen LogP contribution in [0.4, 0.5) is 0 Å². The molecular weight excluding hydrogens is 310 g/mol. The van der Waals surface area contributed by atoms with Gasteiger partial charge in [-0.15, -0.1) is 0 Å². The molecule has 0 bridgehead atoms. The van der Waals surface area contributed by atoms with Crippen LogP contribution in [0.25, 0.3) is 0 Å². The van der Waals surface area contributed by atoms with Gasteiger partial charge < -0.3 is 14.2 Å². The van der Waals surface area contributed by atoms with Gasteiger partial charge in [0, 0.05) is 6.20 Å². The number of carbonyl (C=O) groups is 2. The van der Waals surface area contributed by atoms with Gasteiger partial charge in [-0.25, -0.2) is 0 Å². The Kier molecular flexibility index (Phi) is 9.48. The van der Waals surface area contributed by atoms with Gasteiger partial charge >= 0.3 is 0 Å². The molecule has 1 aromatic heterocycles. The summed E-state index contributed by atoms with van der Waals surface area (Å²) in [6, 6.07) is 8.54. The molecule has 0 aliphatic rings. The number of pyridine rings is 1. The average Bonchev–Trinajstić information content (AvgIpc) is 2.61. The Morgan fingerprint density at radius 1 is 1.00 bits per heavy atom. The van der Waals surface area contributed by atoms with Gasteiger partial charge in [0.1, 0.15) is 5.69 Å². The number of rotatable bonds is 5. The predicted molar refractivity (Wildman–Crippen MR) is 92.5 cm³/mol. The summed E-state index contributed by atoms with van der Waals surface area (Å²) in [5.74, 6) is 1.31. The summed E-state index contributed by atoms with van der Waals surface area (Å²) in [6.45, 7) is 1.48. The van der Waals surface area contributed by atoms with E-state index in [0.717, 1.165) is 6.29 Å². The van der Waals surface area contributed by atoms with E-state index in [-0.39, 0.29) is 13.2 Å². The van der Waals surface area contributed by atoms with Crippen molar-refractivity contribution in [2.45, 2.75) is 14.4 Å². The fraction of sp³-hybridized carbons (Fsp3) is 0.278. The number of carbonyl (C=O) groups excluding carboxylic acids is 2. The SMILES string of the molecule is C.COc1ccc(C(C)=O)c(OC)c1OC.O=Cc1ccccn1. The van der Waals surface area contributed by atoms with Crippen molar-refractivity contribution in [1.29, 1.82) is 0 Å². The summed E-state index contributed by atoms with van der Waals surface area (Å²) < 4.78 is 15.4. The van der Waals surface area contributed by atoms with Crippen LogP contribution in [0.15, 0.2) is 36.5 Å². The highest BCUT2D eigenvalue weighted by molar-refractivity contribution is 5.98. The van der Waals surface area contributed by atoms with Crippen molar-refractivity contribution in [3.8, 4) is 17.2 Å². The van der Waals surface area contributed by atoms with Crippen LogP contribution in [0, 0.1) is 0 Å². The fourth-order valence-electron chi connectivity index (χ4n) is 1.82. The van der Waals surface area contributed by atoms with E-state index in [9.17, 15) is 9.59 Å². The fourth-order valence-corrected chi connectivity index (χ4v) is 1.82. The molecule has 0 radical (unpaired) electrons. The molecular formula is C18H23NO5. The molecule has 0 aliphatic heterocycles. The van der Waals surface area contributed by atoms with Crippen molar-refractivity contribution in [1.82, 2.24) is 4.98 Å². The van der Waals surface area contributed by atoms with Gasteiger partial charge in [0.15, 0.2) is 23.6 Å². The van der Waals surface area contributed by atoms with Gasteiger partial charge in [-0.2, -0.15) is 0 Å². The van der Waals surface area contributed by atoms with Crippen LogP contribution in [0.5, 0.6) is 17.2 Å². The highest BCUT2D eigenvalue weighted by Gasteiger charge is 2.17. The summed E-state index contributed by atoms with van der Waals surface area (Å²) >= 11 is 0. The highest BCUT2D eigenvalue weighted by atomic mass is 16.5. The van der Waals surface area contributed by atoms with Crippen LogP contribution in [-0.4, -0.2) is 38.4 Å². The van der Waals surface area contributed by atoms with E-state index >= 15 is 0 Å². The lowest BCUT2D eigenvalue weighted by atomic mass is 10.1. The molecule has 0 saturated carbocycles. The first-order valence-corrected chi connectivity index (χ1v) is 6.75. The first kappa shape index (κ1) is 21.1. The second-order valence-corrected chi connectivity index (χ2v) is 4.31. The quantitative estimate of drug-likeness (QED) is 0.616. The minimum Gasteiger partial charge on any atom is -0.493 e. The van der Waals surface area contributed by atoms with E-state index in [4.69, 9.17) is 14.2 Å². The Labute approximate surface area is 142 Å². The largest absolute Gasteiger partial charge is 0.493 e. The number of aldehydes is 1. The molecule has 2 aromatic rings. The van der Waals surface area contributed by atoms with E-state index in [2.05, 4.69) is 4.98 Å². The number of benzene rings is 1. The molecule has 0 aliphatic carbocycles. The monoisotopic (exact) mass is 333 g/mol. The molecule has 24 heavy (non-hydrogen) atoms. The molecule has 0 N–H and O–H groups in total. The summed E-state index contributed by atoms with van der Waals surface area (Å²) in [6.07, 6.45) is 2.31. The van der Waals surface area contributed by atoms with Gasteiger partial charge in [-0.1, -0.05) is 13.5 Å². The van der Waals surface area contributed by atoms with Crippen molar-refractivity contribution >= 4 is 12.1 Å². The number of hydrogen-bond acceptors (Lipinski definition) is 6. The topological polar surface area (TPSA) is 74.7 Å². The van der Waals surface area contributed by atoms with Crippen LogP contribution < -0.4 is 14.2 Å². The van der Waals surface area contributed by atoms with Gasteiger partial charge in [0.25, 0.3) is 0 Å². The minimum atomic E-state index is -0.0761. The van der Waals surface area contributed by atoms with E-state index in [1.54, 1.807) is 36.5 Å². The van der Waals surface area contributed by atoms with E-state index in [1.807, 2.05) is 0 Å². The third-order valence-corrected chi connectivity index (χ3v) is 2.89. The molecule has 0 atom stereocenters. The Hall–Kier alpha value is -2.89. The molecule has 1 aromatic carbocycles. The normalized spacial score (nSPS) is 8.83. The molecule has 0 fully saturated rings. The zero-order valence-electron chi connectivity index (χ0n) is 13.5. The predicted octanol–water partition coefficient (Wildman–Crippen LogP) is 3.45. The lowest BCUT2D eigenvalue weighted by molar-refractivity contribution is 0.101. The number of aromatic nitrogens is 1. The summed E-state index contributed by atoms with van der Waals surface area (Å²) in [5.41, 5.74) is 0.961. The molecule has 1 heterocycles. The Bertz CT molecular complexity index is 656. The molecule has 130 valence electrons. The second-order valence-electron chi connectivity index (χ2n) is 4.31. The van der Waals surface area contributed by atoms with Crippen LogP contribution in [0.1, 0.15) is 35.2 Å².